The minimum absolute atomic E-state index is 0.544. The number of rotatable bonds is 5. The Kier molecular flexibility index (Phi) is 4.68. The first-order valence-corrected chi connectivity index (χ1v) is 7.09. The van der Waals surface area contributed by atoms with E-state index in [1.54, 1.807) is 12.1 Å². The third kappa shape index (κ3) is 3.46. The van der Waals surface area contributed by atoms with E-state index in [1.165, 1.54) is 5.69 Å². The monoisotopic (exact) mass is 280 g/mol. The number of anilines is 4. The molecule has 0 radical (unpaired) electrons. The Morgan fingerprint density at radius 1 is 1.10 bits per heavy atom. The summed E-state index contributed by atoms with van der Waals surface area (Å²) in [4.78, 5) is 2.29. The third-order valence-corrected chi connectivity index (χ3v) is 3.44. The number of nitrogens with one attached hydrogen (secondary N) is 1. The maximum Gasteiger partial charge on any atom is 0.101 e. The Balaban J connectivity index is 2.19. The van der Waals surface area contributed by atoms with Gasteiger partial charge in [-0.1, -0.05) is 0 Å². The quantitative estimate of drug-likeness (QED) is 0.819. The Bertz CT molecular complexity index is 637. The molecule has 21 heavy (non-hydrogen) atoms. The lowest BCUT2D eigenvalue weighted by Gasteiger charge is -2.21. The summed E-state index contributed by atoms with van der Waals surface area (Å²) in [6.45, 7) is 6.26. The summed E-state index contributed by atoms with van der Waals surface area (Å²) < 4.78 is 0. The van der Waals surface area contributed by atoms with Crippen molar-refractivity contribution in [3.05, 3.63) is 48.0 Å². The molecule has 0 saturated carbocycles. The Labute approximate surface area is 125 Å². The van der Waals surface area contributed by atoms with Gasteiger partial charge in [-0.15, -0.1) is 0 Å². The van der Waals surface area contributed by atoms with Crippen molar-refractivity contribution in [3.8, 4) is 6.07 Å². The highest BCUT2D eigenvalue weighted by molar-refractivity contribution is 5.70. The van der Waals surface area contributed by atoms with Gasteiger partial charge in [0.05, 0.1) is 11.3 Å². The molecule has 2 aromatic carbocycles. The fourth-order valence-electron chi connectivity index (χ4n) is 2.26. The van der Waals surface area contributed by atoms with Crippen LogP contribution in [0.15, 0.2) is 42.5 Å². The highest BCUT2D eigenvalue weighted by Crippen LogP contribution is 2.24. The van der Waals surface area contributed by atoms with Gasteiger partial charge in [-0.3, -0.25) is 0 Å². The molecule has 108 valence electrons. The SMILES string of the molecule is CCN(CC)c1ccc(Nc2ccc(N)cc2C#N)cc1. The van der Waals surface area contributed by atoms with Crippen molar-refractivity contribution in [1.82, 2.24) is 0 Å². The van der Waals surface area contributed by atoms with Crippen LogP contribution in [-0.4, -0.2) is 13.1 Å². The van der Waals surface area contributed by atoms with Crippen LogP contribution in [0.25, 0.3) is 0 Å². The molecule has 2 rings (SSSR count). The van der Waals surface area contributed by atoms with Gasteiger partial charge in [0.15, 0.2) is 0 Å². The number of nitrogen functional groups attached to an aromatic ring is 1. The molecule has 0 unspecified atom stereocenters. The van der Waals surface area contributed by atoms with Gasteiger partial charge < -0.3 is 16.0 Å². The van der Waals surface area contributed by atoms with Gasteiger partial charge in [0.25, 0.3) is 0 Å². The summed E-state index contributed by atoms with van der Waals surface area (Å²) in [6, 6.07) is 15.6. The second kappa shape index (κ2) is 6.67. The summed E-state index contributed by atoms with van der Waals surface area (Å²) in [7, 11) is 0. The first-order chi connectivity index (χ1) is 10.2. The maximum atomic E-state index is 9.15. The zero-order valence-electron chi connectivity index (χ0n) is 12.4. The summed E-state index contributed by atoms with van der Waals surface area (Å²) in [5.41, 5.74) is 9.75. The minimum atomic E-state index is 0.544. The van der Waals surface area contributed by atoms with E-state index < -0.39 is 0 Å². The topological polar surface area (TPSA) is 65.1 Å². The number of benzene rings is 2. The predicted octanol–water partition coefficient (Wildman–Crippen LogP) is 3.73. The zero-order valence-corrected chi connectivity index (χ0v) is 12.4. The van der Waals surface area contributed by atoms with Gasteiger partial charge in [0, 0.05) is 30.2 Å². The van der Waals surface area contributed by atoms with E-state index in [4.69, 9.17) is 11.0 Å². The Morgan fingerprint density at radius 3 is 2.33 bits per heavy atom. The van der Waals surface area contributed by atoms with Gasteiger partial charge in [0.2, 0.25) is 0 Å². The van der Waals surface area contributed by atoms with Crippen LogP contribution < -0.4 is 16.0 Å². The maximum absolute atomic E-state index is 9.15. The van der Waals surface area contributed by atoms with Crippen molar-refractivity contribution in [3.63, 3.8) is 0 Å². The summed E-state index contributed by atoms with van der Waals surface area (Å²) in [5, 5.41) is 12.4. The lowest BCUT2D eigenvalue weighted by atomic mass is 10.1. The van der Waals surface area contributed by atoms with Crippen LogP contribution in [0.5, 0.6) is 0 Å². The molecular formula is C17H20N4. The fourth-order valence-corrected chi connectivity index (χ4v) is 2.26. The molecule has 0 aromatic heterocycles. The summed E-state index contributed by atoms with van der Waals surface area (Å²) >= 11 is 0. The standard InChI is InChI=1S/C17H20N4/c1-3-21(4-2)16-8-6-15(7-9-16)20-17-10-5-14(19)11-13(17)12-18/h5-11,20H,3-4,19H2,1-2H3. The molecule has 0 saturated heterocycles. The van der Waals surface area contributed by atoms with Gasteiger partial charge in [-0.25, -0.2) is 0 Å². The Morgan fingerprint density at radius 2 is 1.76 bits per heavy atom. The van der Waals surface area contributed by atoms with E-state index in [9.17, 15) is 0 Å². The first kappa shape index (κ1) is 14.7. The van der Waals surface area contributed by atoms with Crippen LogP contribution in [-0.2, 0) is 0 Å². The number of hydrogen-bond donors (Lipinski definition) is 2. The average Bonchev–Trinajstić information content (AvgIpc) is 2.52. The molecule has 0 atom stereocenters. The van der Waals surface area contributed by atoms with E-state index >= 15 is 0 Å². The van der Waals surface area contributed by atoms with E-state index in [0.29, 0.717) is 11.3 Å². The zero-order chi connectivity index (χ0) is 15.2. The van der Waals surface area contributed by atoms with Crippen molar-refractivity contribution >= 4 is 22.7 Å². The van der Waals surface area contributed by atoms with Crippen LogP contribution in [0.3, 0.4) is 0 Å². The molecule has 0 amide bonds. The number of nitrogens with two attached hydrogens (primary N) is 1. The van der Waals surface area contributed by atoms with Crippen molar-refractivity contribution in [2.75, 3.05) is 29.0 Å². The number of nitriles is 1. The number of hydrogen-bond acceptors (Lipinski definition) is 4. The normalized spacial score (nSPS) is 9.95. The van der Waals surface area contributed by atoms with Crippen LogP contribution >= 0.6 is 0 Å². The largest absolute Gasteiger partial charge is 0.399 e. The van der Waals surface area contributed by atoms with Crippen LogP contribution in [0.2, 0.25) is 0 Å². The Hall–Kier alpha value is -2.67. The molecule has 4 nitrogen and oxygen atoms in total. The average molecular weight is 280 g/mol. The first-order valence-electron chi connectivity index (χ1n) is 7.09. The third-order valence-electron chi connectivity index (χ3n) is 3.44. The molecule has 0 aliphatic heterocycles. The molecule has 0 aliphatic carbocycles. The van der Waals surface area contributed by atoms with Gasteiger partial charge in [0.1, 0.15) is 6.07 Å². The van der Waals surface area contributed by atoms with Crippen molar-refractivity contribution < 1.29 is 0 Å². The summed E-state index contributed by atoms with van der Waals surface area (Å²) in [5.74, 6) is 0. The predicted molar refractivity (Wildman–Crippen MR) is 88.9 cm³/mol. The molecule has 0 heterocycles. The minimum Gasteiger partial charge on any atom is -0.399 e. The molecule has 0 aliphatic rings. The lowest BCUT2D eigenvalue weighted by Crippen LogP contribution is -2.21. The van der Waals surface area contributed by atoms with Crippen LogP contribution in [0, 0.1) is 11.3 Å². The molecule has 0 spiro atoms. The van der Waals surface area contributed by atoms with Gasteiger partial charge in [-0.2, -0.15) is 5.26 Å². The summed E-state index contributed by atoms with van der Waals surface area (Å²) in [6.07, 6.45) is 0. The molecule has 0 fully saturated rings. The molecule has 0 bridgehead atoms. The van der Waals surface area contributed by atoms with Gasteiger partial charge >= 0.3 is 0 Å². The van der Waals surface area contributed by atoms with Crippen molar-refractivity contribution in [1.29, 1.82) is 5.26 Å². The van der Waals surface area contributed by atoms with Crippen LogP contribution in [0.1, 0.15) is 19.4 Å². The molecule has 2 aromatic rings. The molecule has 3 N–H and O–H groups in total. The highest BCUT2D eigenvalue weighted by Gasteiger charge is 2.04. The highest BCUT2D eigenvalue weighted by atomic mass is 15.1. The lowest BCUT2D eigenvalue weighted by molar-refractivity contribution is 0.866. The molecular weight excluding hydrogens is 260 g/mol. The van der Waals surface area contributed by atoms with Crippen molar-refractivity contribution in [2.24, 2.45) is 0 Å². The van der Waals surface area contributed by atoms with E-state index in [0.717, 1.165) is 24.5 Å². The second-order valence-electron chi connectivity index (χ2n) is 4.76. The fraction of sp³-hybridized carbons (Fsp3) is 0.235. The van der Waals surface area contributed by atoms with E-state index in [2.05, 4.69) is 42.3 Å². The van der Waals surface area contributed by atoms with Gasteiger partial charge in [-0.05, 0) is 56.3 Å². The second-order valence-corrected chi connectivity index (χ2v) is 4.76. The number of nitrogens with zero attached hydrogens (tertiary/aromatic N) is 2. The van der Waals surface area contributed by atoms with Crippen molar-refractivity contribution in [2.45, 2.75) is 13.8 Å². The smallest absolute Gasteiger partial charge is 0.101 e. The van der Waals surface area contributed by atoms with E-state index in [-0.39, 0.29) is 0 Å². The van der Waals surface area contributed by atoms with E-state index in [1.807, 2.05) is 18.2 Å². The molecule has 4 heteroatoms. The van der Waals surface area contributed by atoms with Crippen LogP contribution in [0.4, 0.5) is 22.7 Å².